The number of amides is 1. The molecule has 2 aromatic carbocycles. The van der Waals surface area contributed by atoms with E-state index in [-0.39, 0.29) is 11.8 Å². The Hall–Kier alpha value is -1.72. The van der Waals surface area contributed by atoms with Gasteiger partial charge in [-0.3, -0.25) is 4.79 Å². The molecule has 23 heavy (non-hydrogen) atoms. The first-order chi connectivity index (χ1) is 10.9. The molecule has 2 N–H and O–H groups in total. The van der Waals surface area contributed by atoms with Crippen LogP contribution in [0.5, 0.6) is 0 Å². The number of benzene rings is 2. The predicted octanol–water partition coefficient (Wildman–Crippen LogP) is 4.08. The Bertz CT molecular complexity index is 676. The first-order valence-corrected chi connectivity index (χ1v) is 8.18. The molecule has 0 saturated heterocycles. The second-order valence-electron chi connectivity index (χ2n) is 5.72. The van der Waals surface area contributed by atoms with E-state index in [1.165, 1.54) is 18.2 Å². The van der Waals surface area contributed by atoms with Crippen LogP contribution in [-0.4, -0.2) is 17.1 Å². The molecule has 0 radical (unpaired) electrons. The number of halogens is 2. The first kappa shape index (κ1) is 17.6. The lowest BCUT2D eigenvalue weighted by atomic mass is 9.93. The van der Waals surface area contributed by atoms with Gasteiger partial charge in [0.2, 0.25) is 0 Å². The molecule has 1 amide bonds. The summed E-state index contributed by atoms with van der Waals surface area (Å²) in [7, 11) is 0. The minimum absolute atomic E-state index is 0.0216. The standard InChI is InChI=1S/C18H19BrFNO2/c1-11(2)16(17(22)12-6-4-3-5-7-12)21-18(23)14-9-8-13(20)10-15(14)19/h3-11,16-17,22H,1-2H3,(H,21,23). The normalized spacial score (nSPS) is 13.7. The monoisotopic (exact) mass is 379 g/mol. The van der Waals surface area contributed by atoms with Crippen LogP contribution in [-0.2, 0) is 0 Å². The molecule has 0 aliphatic carbocycles. The van der Waals surface area contributed by atoms with Crippen LogP contribution in [0.2, 0.25) is 0 Å². The van der Waals surface area contributed by atoms with Crippen molar-refractivity contribution in [3.05, 3.63) is 69.9 Å². The fourth-order valence-corrected chi connectivity index (χ4v) is 2.90. The van der Waals surface area contributed by atoms with Crippen LogP contribution in [0.4, 0.5) is 4.39 Å². The Morgan fingerprint density at radius 3 is 2.39 bits per heavy atom. The van der Waals surface area contributed by atoms with E-state index in [2.05, 4.69) is 21.2 Å². The number of hydrogen-bond acceptors (Lipinski definition) is 2. The highest BCUT2D eigenvalue weighted by atomic mass is 79.9. The summed E-state index contributed by atoms with van der Waals surface area (Å²) in [6.45, 7) is 3.85. The molecule has 0 aromatic heterocycles. The second kappa shape index (κ2) is 7.70. The molecule has 0 aliphatic rings. The zero-order valence-electron chi connectivity index (χ0n) is 13.0. The lowest BCUT2D eigenvalue weighted by Gasteiger charge is -2.28. The summed E-state index contributed by atoms with van der Waals surface area (Å²) in [4.78, 5) is 12.5. The van der Waals surface area contributed by atoms with Gasteiger partial charge in [0.25, 0.3) is 5.91 Å². The topological polar surface area (TPSA) is 49.3 Å². The van der Waals surface area contributed by atoms with Gasteiger partial charge in [0.1, 0.15) is 5.82 Å². The van der Waals surface area contributed by atoms with Crippen LogP contribution in [0, 0.1) is 11.7 Å². The van der Waals surface area contributed by atoms with E-state index in [0.717, 1.165) is 5.56 Å². The first-order valence-electron chi connectivity index (χ1n) is 7.39. The largest absolute Gasteiger partial charge is 0.386 e. The fourth-order valence-electron chi connectivity index (χ4n) is 2.37. The average Bonchev–Trinajstić information content (AvgIpc) is 2.52. The smallest absolute Gasteiger partial charge is 0.252 e. The molecule has 2 unspecified atom stereocenters. The number of carbonyl (C=O) groups excluding carboxylic acids is 1. The lowest BCUT2D eigenvalue weighted by molar-refractivity contribution is 0.0759. The third kappa shape index (κ3) is 4.39. The van der Waals surface area contributed by atoms with Crippen LogP contribution >= 0.6 is 15.9 Å². The Morgan fingerprint density at radius 2 is 1.83 bits per heavy atom. The highest BCUT2D eigenvalue weighted by Crippen LogP contribution is 2.23. The molecule has 0 heterocycles. The van der Waals surface area contributed by atoms with Crippen molar-refractivity contribution >= 4 is 21.8 Å². The summed E-state index contributed by atoms with van der Waals surface area (Å²) in [5.74, 6) is -0.753. The van der Waals surface area contributed by atoms with Crippen molar-refractivity contribution in [3.8, 4) is 0 Å². The van der Waals surface area contributed by atoms with E-state index in [9.17, 15) is 14.3 Å². The maximum absolute atomic E-state index is 13.1. The van der Waals surface area contributed by atoms with Gasteiger partial charge in [-0.15, -0.1) is 0 Å². The van der Waals surface area contributed by atoms with Crippen molar-refractivity contribution < 1.29 is 14.3 Å². The van der Waals surface area contributed by atoms with Crippen LogP contribution in [0.15, 0.2) is 53.0 Å². The van der Waals surface area contributed by atoms with Crippen LogP contribution in [0.1, 0.15) is 35.9 Å². The molecule has 122 valence electrons. The maximum atomic E-state index is 13.1. The molecule has 0 saturated carbocycles. The minimum atomic E-state index is -0.820. The van der Waals surface area contributed by atoms with Crippen molar-refractivity contribution in [2.75, 3.05) is 0 Å². The minimum Gasteiger partial charge on any atom is -0.386 e. The summed E-state index contributed by atoms with van der Waals surface area (Å²) >= 11 is 3.19. The molecule has 2 atom stereocenters. The number of hydrogen-bond donors (Lipinski definition) is 2. The van der Waals surface area contributed by atoms with Gasteiger partial charge < -0.3 is 10.4 Å². The third-order valence-electron chi connectivity index (χ3n) is 3.67. The van der Waals surface area contributed by atoms with E-state index in [1.54, 1.807) is 0 Å². The zero-order chi connectivity index (χ0) is 17.0. The van der Waals surface area contributed by atoms with Gasteiger partial charge in [0, 0.05) is 4.47 Å². The predicted molar refractivity (Wildman–Crippen MR) is 91.6 cm³/mol. The quantitative estimate of drug-likeness (QED) is 0.822. The summed E-state index contributed by atoms with van der Waals surface area (Å²) in [6, 6.07) is 12.6. The fraction of sp³-hybridized carbons (Fsp3) is 0.278. The van der Waals surface area contributed by atoms with Gasteiger partial charge in [0.05, 0.1) is 17.7 Å². The van der Waals surface area contributed by atoms with Crippen molar-refractivity contribution in [3.63, 3.8) is 0 Å². The zero-order valence-corrected chi connectivity index (χ0v) is 14.5. The van der Waals surface area contributed by atoms with Crippen LogP contribution in [0.25, 0.3) is 0 Å². The molecule has 2 rings (SSSR count). The number of nitrogens with one attached hydrogen (secondary N) is 1. The molecular weight excluding hydrogens is 361 g/mol. The van der Waals surface area contributed by atoms with E-state index < -0.39 is 18.0 Å². The van der Waals surface area contributed by atoms with Crippen molar-refractivity contribution in [2.24, 2.45) is 5.92 Å². The van der Waals surface area contributed by atoms with Gasteiger partial charge in [-0.1, -0.05) is 44.2 Å². The molecule has 2 aromatic rings. The van der Waals surface area contributed by atoms with E-state index in [0.29, 0.717) is 10.0 Å². The summed E-state index contributed by atoms with van der Waals surface area (Å²) in [5, 5.41) is 13.4. The van der Waals surface area contributed by atoms with Crippen molar-refractivity contribution in [1.82, 2.24) is 5.32 Å². The number of aliphatic hydroxyl groups is 1. The van der Waals surface area contributed by atoms with Gasteiger partial charge >= 0.3 is 0 Å². The molecule has 0 spiro atoms. The van der Waals surface area contributed by atoms with E-state index in [4.69, 9.17) is 0 Å². The van der Waals surface area contributed by atoms with Gasteiger partial charge in [-0.25, -0.2) is 4.39 Å². The van der Waals surface area contributed by atoms with E-state index in [1.807, 2.05) is 44.2 Å². The number of carbonyl (C=O) groups is 1. The molecule has 0 bridgehead atoms. The number of aliphatic hydroxyl groups excluding tert-OH is 1. The maximum Gasteiger partial charge on any atom is 0.252 e. The molecule has 0 aliphatic heterocycles. The number of rotatable bonds is 5. The molecular formula is C18H19BrFNO2. The summed E-state index contributed by atoms with van der Waals surface area (Å²) in [6.07, 6.45) is -0.820. The van der Waals surface area contributed by atoms with Crippen LogP contribution in [0.3, 0.4) is 0 Å². The Labute approximate surface area is 143 Å². The summed E-state index contributed by atoms with van der Waals surface area (Å²) < 4.78 is 13.5. The average molecular weight is 380 g/mol. The van der Waals surface area contributed by atoms with Gasteiger partial charge in [-0.2, -0.15) is 0 Å². The van der Waals surface area contributed by atoms with Crippen molar-refractivity contribution in [2.45, 2.75) is 26.0 Å². The molecule has 5 heteroatoms. The van der Waals surface area contributed by atoms with Gasteiger partial charge in [-0.05, 0) is 45.6 Å². The Kier molecular flexibility index (Phi) is 5.91. The van der Waals surface area contributed by atoms with Crippen molar-refractivity contribution in [1.29, 1.82) is 0 Å². The van der Waals surface area contributed by atoms with Gasteiger partial charge in [0.15, 0.2) is 0 Å². The Balaban J connectivity index is 2.21. The molecule has 0 fully saturated rings. The Morgan fingerprint density at radius 1 is 1.17 bits per heavy atom. The molecule has 3 nitrogen and oxygen atoms in total. The van der Waals surface area contributed by atoms with E-state index >= 15 is 0 Å². The SMILES string of the molecule is CC(C)C(NC(=O)c1ccc(F)cc1Br)C(O)c1ccccc1. The summed E-state index contributed by atoms with van der Waals surface area (Å²) in [5.41, 5.74) is 1.07. The second-order valence-corrected chi connectivity index (χ2v) is 6.58. The van der Waals surface area contributed by atoms with Crippen LogP contribution < -0.4 is 5.32 Å². The third-order valence-corrected chi connectivity index (χ3v) is 4.33. The highest BCUT2D eigenvalue weighted by Gasteiger charge is 2.26. The lowest BCUT2D eigenvalue weighted by Crippen LogP contribution is -2.43. The highest BCUT2D eigenvalue weighted by molar-refractivity contribution is 9.10.